The van der Waals surface area contributed by atoms with Gasteiger partial charge in [-0.05, 0) is 54.1 Å². The van der Waals surface area contributed by atoms with E-state index in [9.17, 15) is 13.2 Å². The molecular formula is C23H22N2O5S. The summed E-state index contributed by atoms with van der Waals surface area (Å²) < 4.78 is 38.4. The van der Waals surface area contributed by atoms with E-state index in [1.54, 1.807) is 30.3 Å². The number of methoxy groups -OCH3 is 2. The maximum Gasteiger partial charge on any atom is 0.261 e. The van der Waals surface area contributed by atoms with E-state index >= 15 is 0 Å². The molecule has 0 aromatic heterocycles. The number of carbonyl (C=O) groups is 1. The first-order valence-corrected chi connectivity index (χ1v) is 10.8. The van der Waals surface area contributed by atoms with Gasteiger partial charge in [-0.2, -0.15) is 0 Å². The molecule has 0 fully saturated rings. The van der Waals surface area contributed by atoms with Gasteiger partial charge in [-0.1, -0.05) is 30.3 Å². The summed E-state index contributed by atoms with van der Waals surface area (Å²) in [5, 5.41) is 2.66. The van der Waals surface area contributed by atoms with Crippen molar-refractivity contribution >= 4 is 33.4 Å². The van der Waals surface area contributed by atoms with Gasteiger partial charge in [0, 0.05) is 11.8 Å². The van der Waals surface area contributed by atoms with Crippen LogP contribution < -0.4 is 19.5 Å². The van der Waals surface area contributed by atoms with Crippen LogP contribution in [-0.2, 0) is 14.8 Å². The minimum Gasteiger partial charge on any atom is -0.497 e. The monoisotopic (exact) mass is 438 g/mol. The highest BCUT2D eigenvalue weighted by atomic mass is 32.2. The lowest BCUT2D eigenvalue weighted by Gasteiger charge is -2.13. The van der Waals surface area contributed by atoms with Crippen molar-refractivity contribution in [1.29, 1.82) is 0 Å². The van der Waals surface area contributed by atoms with Gasteiger partial charge in [-0.15, -0.1) is 0 Å². The molecule has 0 aliphatic carbocycles. The molecule has 3 rings (SSSR count). The Morgan fingerprint density at radius 3 is 2.26 bits per heavy atom. The average Bonchev–Trinajstić information content (AvgIpc) is 2.78. The van der Waals surface area contributed by atoms with Crippen LogP contribution in [0.25, 0.3) is 6.08 Å². The SMILES string of the molecule is COc1ccc(NS(=O)(=O)c2ccc(OC)c(NC(=O)/C=C/c3ccccc3)c2)cc1. The number of hydrogen-bond acceptors (Lipinski definition) is 5. The molecule has 0 unspecified atom stereocenters. The van der Waals surface area contributed by atoms with Crippen LogP contribution in [0.3, 0.4) is 0 Å². The molecule has 31 heavy (non-hydrogen) atoms. The molecule has 0 atom stereocenters. The zero-order chi connectivity index (χ0) is 22.3. The first-order chi connectivity index (χ1) is 14.9. The van der Waals surface area contributed by atoms with Crippen LogP contribution >= 0.6 is 0 Å². The van der Waals surface area contributed by atoms with Gasteiger partial charge in [0.1, 0.15) is 11.5 Å². The van der Waals surface area contributed by atoms with E-state index in [1.165, 1.54) is 38.5 Å². The lowest BCUT2D eigenvalue weighted by atomic mass is 10.2. The minimum absolute atomic E-state index is 0.0218. The average molecular weight is 439 g/mol. The molecule has 2 N–H and O–H groups in total. The standard InChI is InChI=1S/C23H22N2O5S/c1-29-19-11-9-18(10-12-19)25-31(27,28)20-13-14-22(30-2)21(16-20)24-23(26)15-8-17-6-4-3-5-7-17/h3-16,25H,1-2H3,(H,24,26)/b15-8+. The highest BCUT2D eigenvalue weighted by Crippen LogP contribution is 2.29. The Labute approximate surface area is 181 Å². The number of rotatable bonds is 8. The molecule has 3 aromatic rings. The number of hydrogen-bond donors (Lipinski definition) is 2. The Morgan fingerprint density at radius 2 is 1.61 bits per heavy atom. The number of amides is 1. The normalized spacial score (nSPS) is 11.2. The molecule has 0 heterocycles. The molecule has 7 nitrogen and oxygen atoms in total. The summed E-state index contributed by atoms with van der Waals surface area (Å²) in [5.41, 5.74) is 1.49. The smallest absolute Gasteiger partial charge is 0.261 e. The number of ether oxygens (including phenoxy) is 2. The Hall–Kier alpha value is -3.78. The molecule has 0 spiro atoms. The van der Waals surface area contributed by atoms with Gasteiger partial charge in [0.15, 0.2) is 0 Å². The van der Waals surface area contributed by atoms with E-state index in [0.29, 0.717) is 17.2 Å². The zero-order valence-electron chi connectivity index (χ0n) is 17.0. The highest BCUT2D eigenvalue weighted by Gasteiger charge is 2.17. The molecule has 0 aliphatic rings. The molecular weight excluding hydrogens is 416 g/mol. The second kappa shape index (κ2) is 9.82. The number of benzene rings is 3. The second-order valence-electron chi connectivity index (χ2n) is 6.43. The fraction of sp³-hybridized carbons (Fsp3) is 0.0870. The van der Waals surface area contributed by atoms with Crippen LogP contribution in [0.4, 0.5) is 11.4 Å². The van der Waals surface area contributed by atoms with Crippen LogP contribution in [0, 0.1) is 0 Å². The van der Waals surface area contributed by atoms with Crippen molar-refractivity contribution in [2.45, 2.75) is 4.90 Å². The van der Waals surface area contributed by atoms with Gasteiger partial charge in [0.2, 0.25) is 5.91 Å². The van der Waals surface area contributed by atoms with Gasteiger partial charge in [-0.3, -0.25) is 9.52 Å². The maximum absolute atomic E-state index is 12.8. The number of anilines is 2. The Kier molecular flexibility index (Phi) is 6.94. The highest BCUT2D eigenvalue weighted by molar-refractivity contribution is 7.92. The third-order valence-corrected chi connectivity index (χ3v) is 5.69. The van der Waals surface area contributed by atoms with E-state index in [2.05, 4.69) is 10.0 Å². The topological polar surface area (TPSA) is 93.7 Å². The molecule has 0 radical (unpaired) electrons. The predicted octanol–water partition coefficient (Wildman–Crippen LogP) is 4.16. The van der Waals surface area contributed by atoms with E-state index in [-0.39, 0.29) is 10.6 Å². The third kappa shape index (κ3) is 5.86. The van der Waals surface area contributed by atoms with Gasteiger partial charge in [0.25, 0.3) is 10.0 Å². The van der Waals surface area contributed by atoms with Crippen molar-refractivity contribution in [3.05, 3.63) is 84.4 Å². The summed E-state index contributed by atoms with van der Waals surface area (Å²) in [5.74, 6) is 0.533. The third-order valence-electron chi connectivity index (χ3n) is 4.31. The zero-order valence-corrected chi connectivity index (χ0v) is 17.8. The van der Waals surface area contributed by atoms with Gasteiger partial charge in [-0.25, -0.2) is 8.42 Å². The van der Waals surface area contributed by atoms with Crippen molar-refractivity contribution in [1.82, 2.24) is 0 Å². The fourth-order valence-electron chi connectivity index (χ4n) is 2.74. The van der Waals surface area contributed by atoms with Crippen LogP contribution in [0.1, 0.15) is 5.56 Å². The van der Waals surface area contributed by atoms with E-state index in [0.717, 1.165) is 5.56 Å². The van der Waals surface area contributed by atoms with E-state index in [4.69, 9.17) is 9.47 Å². The minimum atomic E-state index is -3.89. The number of carbonyl (C=O) groups excluding carboxylic acids is 1. The van der Waals surface area contributed by atoms with Gasteiger partial charge in [0.05, 0.1) is 24.8 Å². The van der Waals surface area contributed by atoms with Gasteiger partial charge < -0.3 is 14.8 Å². The second-order valence-corrected chi connectivity index (χ2v) is 8.11. The molecule has 0 saturated heterocycles. The summed E-state index contributed by atoms with van der Waals surface area (Å²) in [6, 6.07) is 20.1. The van der Waals surface area contributed by atoms with Crippen LogP contribution in [0.15, 0.2) is 83.8 Å². The van der Waals surface area contributed by atoms with E-state index in [1.807, 2.05) is 30.3 Å². The number of nitrogens with one attached hydrogen (secondary N) is 2. The first-order valence-electron chi connectivity index (χ1n) is 9.30. The molecule has 0 bridgehead atoms. The van der Waals surface area contributed by atoms with Crippen molar-refractivity contribution in [2.24, 2.45) is 0 Å². The molecule has 3 aromatic carbocycles. The molecule has 0 aliphatic heterocycles. The summed E-state index contributed by atoms with van der Waals surface area (Å²) in [4.78, 5) is 12.3. The molecule has 1 amide bonds. The first kappa shape index (κ1) is 21.9. The lowest BCUT2D eigenvalue weighted by molar-refractivity contribution is -0.111. The van der Waals surface area contributed by atoms with E-state index < -0.39 is 15.9 Å². The largest absolute Gasteiger partial charge is 0.497 e. The summed E-state index contributed by atoms with van der Waals surface area (Å²) in [6.45, 7) is 0. The Morgan fingerprint density at radius 1 is 0.903 bits per heavy atom. The van der Waals surface area contributed by atoms with Crippen LogP contribution in [-0.4, -0.2) is 28.5 Å². The van der Waals surface area contributed by atoms with Crippen LogP contribution in [0.5, 0.6) is 11.5 Å². The maximum atomic E-state index is 12.8. The summed E-state index contributed by atoms with van der Waals surface area (Å²) >= 11 is 0. The molecule has 8 heteroatoms. The summed E-state index contributed by atoms with van der Waals surface area (Å²) in [7, 11) is -0.919. The van der Waals surface area contributed by atoms with Crippen molar-refractivity contribution in [3.8, 4) is 11.5 Å². The summed E-state index contributed by atoms with van der Waals surface area (Å²) in [6.07, 6.45) is 3.03. The molecule has 0 saturated carbocycles. The Balaban J connectivity index is 1.80. The quantitative estimate of drug-likeness (QED) is 0.515. The van der Waals surface area contributed by atoms with Crippen LogP contribution in [0.2, 0.25) is 0 Å². The lowest BCUT2D eigenvalue weighted by Crippen LogP contribution is -2.14. The Bertz CT molecular complexity index is 1170. The predicted molar refractivity (Wildman–Crippen MR) is 121 cm³/mol. The fourth-order valence-corrected chi connectivity index (χ4v) is 3.82. The van der Waals surface area contributed by atoms with Crippen molar-refractivity contribution in [2.75, 3.05) is 24.3 Å². The van der Waals surface area contributed by atoms with Gasteiger partial charge >= 0.3 is 0 Å². The van der Waals surface area contributed by atoms with Crippen molar-refractivity contribution in [3.63, 3.8) is 0 Å². The number of sulfonamides is 1. The molecule has 160 valence electrons. The van der Waals surface area contributed by atoms with Crippen molar-refractivity contribution < 1.29 is 22.7 Å².